The van der Waals surface area contributed by atoms with Crippen molar-refractivity contribution in [1.29, 1.82) is 0 Å². The van der Waals surface area contributed by atoms with Crippen LogP contribution in [0.15, 0.2) is 99.9 Å². The number of phenols is 1. The third-order valence-corrected chi connectivity index (χ3v) is 14.1. The Morgan fingerprint density at radius 2 is 0.909 bits per heavy atom. The first-order chi connectivity index (χ1) is 36.8. The van der Waals surface area contributed by atoms with Crippen LogP contribution in [0.3, 0.4) is 0 Å². The summed E-state index contributed by atoms with van der Waals surface area (Å²) in [5.74, 6) is -6.44. The molecule has 0 aliphatic heterocycles. The van der Waals surface area contributed by atoms with E-state index in [9.17, 15) is 38.7 Å². The van der Waals surface area contributed by atoms with Crippen molar-refractivity contribution in [3.63, 3.8) is 0 Å². The van der Waals surface area contributed by atoms with Gasteiger partial charge in [-0.25, -0.2) is 0 Å². The zero-order valence-electron chi connectivity index (χ0n) is 43.4. The molecule has 0 bridgehead atoms. The van der Waals surface area contributed by atoms with Crippen LogP contribution in [0.2, 0.25) is 0 Å². The van der Waals surface area contributed by atoms with E-state index in [0.717, 1.165) is 11.1 Å². The summed E-state index contributed by atoms with van der Waals surface area (Å²) in [6, 6.07) is 21.0. The minimum atomic E-state index is -1.15. The highest BCUT2D eigenvalue weighted by Crippen LogP contribution is 2.48. The van der Waals surface area contributed by atoms with E-state index in [1.165, 1.54) is 19.1 Å². The lowest BCUT2D eigenvalue weighted by Crippen LogP contribution is -2.58. The first-order valence-electron chi connectivity index (χ1n) is 25.9. The number of carbonyl (C=O) groups excluding carboxylic acids is 7. The molecule has 21 N–H and O–H groups in total. The molecule has 2 fully saturated rings. The molecule has 5 rings (SSSR count). The monoisotopic (exact) mass is 1060 g/mol. The number of aliphatic imine (C=N–C) groups is 3. The van der Waals surface area contributed by atoms with Crippen LogP contribution in [0.25, 0.3) is 0 Å². The van der Waals surface area contributed by atoms with E-state index in [-0.39, 0.29) is 106 Å². The number of rotatable bonds is 30. The molecule has 77 heavy (non-hydrogen) atoms. The highest BCUT2D eigenvalue weighted by molar-refractivity contribution is 5.93. The second-order valence-electron chi connectivity index (χ2n) is 19.6. The van der Waals surface area contributed by atoms with Crippen LogP contribution in [-0.2, 0) is 40.0 Å². The predicted molar refractivity (Wildman–Crippen MR) is 292 cm³/mol. The molecule has 0 saturated heterocycles. The number of benzene rings is 3. The molecule has 7 amide bonds. The van der Waals surface area contributed by atoms with E-state index in [2.05, 4.69) is 46.9 Å². The Hall–Kier alpha value is -8.44. The van der Waals surface area contributed by atoms with Gasteiger partial charge in [-0.1, -0.05) is 72.8 Å². The maximum absolute atomic E-state index is 14.4. The summed E-state index contributed by atoms with van der Waals surface area (Å²) in [5.41, 5.74) is 41.4. The van der Waals surface area contributed by atoms with E-state index in [1.807, 2.05) is 60.7 Å². The summed E-state index contributed by atoms with van der Waals surface area (Å²) >= 11 is 0. The molecule has 3 aromatic rings. The van der Waals surface area contributed by atoms with Crippen molar-refractivity contribution in [2.24, 2.45) is 78.8 Å². The quantitative estimate of drug-likeness (QED) is 0.0208. The molecule has 24 nitrogen and oxygen atoms in total. The highest BCUT2D eigenvalue weighted by atomic mass is 16.3. The van der Waals surface area contributed by atoms with Crippen molar-refractivity contribution in [1.82, 2.24) is 31.9 Å². The number of nitrogens with two attached hydrogens (primary N) is 7. The van der Waals surface area contributed by atoms with Gasteiger partial charge in [-0.3, -0.25) is 48.5 Å². The highest BCUT2D eigenvalue weighted by Gasteiger charge is 2.48. The lowest BCUT2D eigenvalue weighted by molar-refractivity contribution is -0.137. The van der Waals surface area contributed by atoms with Gasteiger partial charge < -0.3 is 77.1 Å². The third-order valence-electron chi connectivity index (χ3n) is 14.1. The Morgan fingerprint density at radius 1 is 0.519 bits per heavy atom. The molecule has 0 heterocycles. The van der Waals surface area contributed by atoms with Gasteiger partial charge >= 0.3 is 0 Å². The number of hydrogen-bond donors (Lipinski definition) is 14. The first kappa shape index (κ1) is 59.4. The van der Waals surface area contributed by atoms with Gasteiger partial charge in [0.2, 0.25) is 41.4 Å². The van der Waals surface area contributed by atoms with Gasteiger partial charge in [0, 0.05) is 57.9 Å². The van der Waals surface area contributed by atoms with Gasteiger partial charge in [-0.15, -0.1) is 0 Å². The number of primary amides is 1. The Balaban J connectivity index is 1.32. The Bertz CT molecular complexity index is 2550. The maximum atomic E-state index is 14.4. The summed E-state index contributed by atoms with van der Waals surface area (Å²) in [6.07, 6.45) is 2.36. The van der Waals surface area contributed by atoms with Crippen LogP contribution in [-0.4, -0.2) is 121 Å². The average Bonchev–Trinajstić information content (AvgIpc) is 3.36. The maximum Gasteiger partial charge on any atom is 0.243 e. The average molecular weight is 1070 g/mol. The molecule has 0 radical (unpaired) electrons. The molecule has 24 heteroatoms. The smallest absolute Gasteiger partial charge is 0.243 e. The summed E-state index contributed by atoms with van der Waals surface area (Å²) in [7, 11) is 0. The predicted octanol–water partition coefficient (Wildman–Crippen LogP) is -1.39. The van der Waals surface area contributed by atoms with Crippen molar-refractivity contribution in [3.8, 4) is 5.75 Å². The molecule has 10 atom stereocenters. The molecular formula is C53H76N16O8. The van der Waals surface area contributed by atoms with Gasteiger partial charge in [0.1, 0.15) is 29.9 Å². The van der Waals surface area contributed by atoms with Crippen molar-refractivity contribution in [2.75, 3.05) is 32.7 Å². The molecule has 2 aliphatic carbocycles. The van der Waals surface area contributed by atoms with Gasteiger partial charge in [-0.05, 0) is 104 Å². The summed E-state index contributed by atoms with van der Waals surface area (Å²) in [5, 5.41) is 27.0. The van der Waals surface area contributed by atoms with Crippen LogP contribution in [0.5, 0.6) is 5.75 Å². The van der Waals surface area contributed by atoms with Crippen LogP contribution in [0.4, 0.5) is 0 Å². The number of hydrogen-bond acceptors (Lipinski definition) is 11. The van der Waals surface area contributed by atoms with E-state index < -0.39 is 83.3 Å². The zero-order chi connectivity index (χ0) is 56.0. The van der Waals surface area contributed by atoms with Gasteiger partial charge in [-0.2, -0.15) is 0 Å². The van der Waals surface area contributed by atoms with Crippen molar-refractivity contribution in [3.05, 3.63) is 102 Å². The van der Waals surface area contributed by atoms with E-state index >= 15 is 0 Å². The largest absolute Gasteiger partial charge is 0.508 e. The SMILES string of the molecule is CC(=O)N[C@@H](CCCN=C(N)N)C(=O)NC[C@@H]1[C@H](C(=O)N[C@@H](CCCN=C(N)N)C(=O)NC[C@@H]2[C@H](C(=O)N[C@@H](CCCN=C(N)N)C(=O)N[C@@H](Cc3ccc(O)cc3)C(N)=O)C[C@H]2c2ccccc2)C[C@H]1c1ccccc1. The molecule has 2 aliphatic rings. The molecular weight excluding hydrogens is 989 g/mol. The molecule has 0 unspecified atom stereocenters. The van der Waals surface area contributed by atoms with Gasteiger partial charge in [0.05, 0.1) is 0 Å². The van der Waals surface area contributed by atoms with Crippen molar-refractivity contribution < 1.29 is 38.7 Å². The van der Waals surface area contributed by atoms with E-state index in [0.29, 0.717) is 31.2 Å². The number of aromatic hydroxyl groups is 1. The fourth-order valence-electron chi connectivity index (χ4n) is 9.92. The zero-order valence-corrected chi connectivity index (χ0v) is 43.4. The van der Waals surface area contributed by atoms with Crippen LogP contribution in [0.1, 0.15) is 86.8 Å². The number of carbonyl (C=O) groups is 7. The third kappa shape index (κ3) is 18.7. The standard InChI is InChI=1S/C53H76N16O8/c1-30(70)66-41(15-8-22-61-51(55)56)48(75)64-28-39-35(32-11-4-2-5-12-32)26-37(39)46(73)67-42(16-9-23-62-52(57)58)49(76)65-29-40-36(33-13-6-3-7-14-33)27-38(40)47(74)68-43(17-10-24-63-53(59)60)50(77)69-44(45(54)72)25-31-18-20-34(71)21-19-31/h2-7,11-14,18-21,35-44,71H,8-10,15-17,22-29H2,1H3,(H2,54,72)(H,64,75)(H,65,76)(H,66,70)(H,67,73)(H,68,74)(H,69,77)(H4,55,56,61)(H4,57,58,62)(H4,59,60,63)/t35-,36-,37+,38+,39-,40-,41-,42-,43-,44-/m0/s1. The molecule has 0 aromatic heterocycles. The Kier molecular flexibility index (Phi) is 22.8. The van der Waals surface area contributed by atoms with Crippen molar-refractivity contribution >= 4 is 59.2 Å². The van der Waals surface area contributed by atoms with E-state index in [1.54, 1.807) is 12.1 Å². The van der Waals surface area contributed by atoms with Crippen LogP contribution < -0.4 is 72.0 Å². The fourth-order valence-corrected chi connectivity index (χ4v) is 9.92. The second-order valence-corrected chi connectivity index (χ2v) is 19.6. The number of phenolic OH excluding ortho intramolecular Hbond substituents is 1. The second kappa shape index (κ2) is 29.6. The molecule has 416 valence electrons. The van der Waals surface area contributed by atoms with Gasteiger partial charge in [0.25, 0.3) is 0 Å². The number of guanidine groups is 3. The van der Waals surface area contributed by atoms with Gasteiger partial charge in [0.15, 0.2) is 17.9 Å². The van der Waals surface area contributed by atoms with Crippen LogP contribution >= 0.6 is 0 Å². The molecule has 3 aromatic carbocycles. The topological polar surface area (TPSA) is 431 Å². The number of amides is 7. The minimum Gasteiger partial charge on any atom is -0.508 e. The number of nitrogens with one attached hydrogen (secondary N) is 6. The molecule has 0 spiro atoms. The Morgan fingerprint density at radius 3 is 1.29 bits per heavy atom. The minimum absolute atomic E-state index is 0.0179. The van der Waals surface area contributed by atoms with Crippen LogP contribution in [0, 0.1) is 23.7 Å². The van der Waals surface area contributed by atoms with E-state index in [4.69, 9.17) is 40.1 Å². The Labute approximate surface area is 448 Å². The van der Waals surface area contributed by atoms with Crippen molar-refractivity contribution in [2.45, 2.75) is 101 Å². The summed E-state index contributed by atoms with van der Waals surface area (Å²) in [4.78, 5) is 107. The molecule has 2 saturated carbocycles. The normalized spacial score (nSPS) is 19.8. The summed E-state index contributed by atoms with van der Waals surface area (Å²) in [6.45, 7) is 2.02. The first-order valence-corrected chi connectivity index (χ1v) is 25.9. The lowest BCUT2D eigenvalue weighted by Gasteiger charge is -2.45. The lowest BCUT2D eigenvalue weighted by atomic mass is 9.61. The fraction of sp³-hybridized carbons (Fsp3) is 0.472. The number of nitrogens with zero attached hydrogens (tertiary/aromatic N) is 3. The summed E-state index contributed by atoms with van der Waals surface area (Å²) < 4.78 is 0.